The zero-order valence-electron chi connectivity index (χ0n) is 8.97. The molecule has 0 aliphatic heterocycles. The van der Waals surface area contributed by atoms with Crippen molar-refractivity contribution in [1.82, 2.24) is 9.97 Å². The van der Waals surface area contributed by atoms with E-state index in [1.54, 1.807) is 17.7 Å². The molecule has 4 heteroatoms. The number of nitrogens with two attached hydrogens (primary N) is 1. The molecule has 0 saturated carbocycles. The van der Waals surface area contributed by atoms with Gasteiger partial charge in [-0.2, -0.15) is 0 Å². The number of hydrogen-bond acceptors (Lipinski definition) is 4. The number of nitrogens with zero attached hydrogens (tertiary/aromatic N) is 2. The van der Waals surface area contributed by atoms with E-state index >= 15 is 0 Å². The lowest BCUT2D eigenvalue weighted by Gasteiger charge is -2.17. The Morgan fingerprint density at radius 2 is 2.27 bits per heavy atom. The molecular formula is C11H15N3S. The van der Waals surface area contributed by atoms with Crippen molar-refractivity contribution in [1.29, 1.82) is 0 Å². The van der Waals surface area contributed by atoms with E-state index in [0.717, 1.165) is 17.6 Å². The number of rotatable bonds is 3. The van der Waals surface area contributed by atoms with Crippen molar-refractivity contribution in [3.8, 4) is 0 Å². The Labute approximate surface area is 93.4 Å². The highest BCUT2D eigenvalue weighted by molar-refractivity contribution is 7.17. The van der Waals surface area contributed by atoms with Gasteiger partial charge in [0.25, 0.3) is 0 Å². The van der Waals surface area contributed by atoms with Crippen LogP contribution < -0.4 is 5.73 Å². The quantitative estimate of drug-likeness (QED) is 0.866. The van der Waals surface area contributed by atoms with Crippen LogP contribution >= 0.6 is 11.3 Å². The minimum absolute atomic E-state index is 0.171. The van der Waals surface area contributed by atoms with E-state index in [2.05, 4.69) is 23.8 Å². The minimum atomic E-state index is 0.171. The highest BCUT2D eigenvalue weighted by Crippen LogP contribution is 2.28. The molecule has 0 fully saturated rings. The van der Waals surface area contributed by atoms with Crippen LogP contribution in [0.5, 0.6) is 0 Å². The summed E-state index contributed by atoms with van der Waals surface area (Å²) < 4.78 is 1.17. The summed E-state index contributed by atoms with van der Waals surface area (Å²) in [5.74, 6) is 0.291. The molecule has 2 heterocycles. The van der Waals surface area contributed by atoms with E-state index in [-0.39, 0.29) is 6.04 Å². The van der Waals surface area contributed by atoms with Crippen molar-refractivity contribution in [3.05, 3.63) is 23.5 Å². The largest absolute Gasteiger partial charge is 0.327 e. The molecule has 0 saturated heterocycles. The Bertz CT molecular complexity index is 452. The molecule has 2 atom stereocenters. The second-order valence-corrected chi connectivity index (χ2v) is 4.67. The van der Waals surface area contributed by atoms with Gasteiger partial charge in [-0.3, -0.25) is 0 Å². The van der Waals surface area contributed by atoms with Crippen molar-refractivity contribution in [2.24, 2.45) is 5.73 Å². The van der Waals surface area contributed by atoms with Crippen molar-refractivity contribution in [2.45, 2.75) is 32.2 Å². The van der Waals surface area contributed by atoms with Crippen LogP contribution in [0.3, 0.4) is 0 Å². The smallest absolute Gasteiger partial charge is 0.116 e. The maximum Gasteiger partial charge on any atom is 0.116 e. The Kier molecular flexibility index (Phi) is 2.98. The summed E-state index contributed by atoms with van der Waals surface area (Å²) in [7, 11) is 0. The lowest BCUT2D eigenvalue weighted by molar-refractivity contribution is 0.544. The van der Waals surface area contributed by atoms with Gasteiger partial charge in [-0.15, -0.1) is 11.3 Å². The number of fused-ring (bicyclic) bond motifs is 1. The molecule has 0 aliphatic rings. The third-order valence-corrected chi connectivity index (χ3v) is 3.74. The van der Waals surface area contributed by atoms with Crippen molar-refractivity contribution >= 4 is 21.6 Å². The Balaban J connectivity index is 2.46. The fourth-order valence-electron chi connectivity index (χ4n) is 1.69. The van der Waals surface area contributed by atoms with E-state index in [1.165, 1.54) is 4.70 Å². The predicted molar refractivity (Wildman–Crippen MR) is 64.1 cm³/mol. The first-order chi connectivity index (χ1) is 7.24. The van der Waals surface area contributed by atoms with Gasteiger partial charge < -0.3 is 5.73 Å². The second-order valence-electron chi connectivity index (χ2n) is 3.75. The number of thiophene rings is 1. The van der Waals surface area contributed by atoms with Crippen LogP contribution in [0.1, 0.15) is 31.9 Å². The van der Waals surface area contributed by atoms with E-state index in [1.807, 2.05) is 11.4 Å². The Morgan fingerprint density at radius 3 is 3.00 bits per heavy atom. The van der Waals surface area contributed by atoms with Crippen LogP contribution in [0.2, 0.25) is 0 Å². The fraction of sp³-hybridized carbons (Fsp3) is 0.455. The second kappa shape index (κ2) is 4.24. The van der Waals surface area contributed by atoms with Gasteiger partial charge in [0.1, 0.15) is 6.33 Å². The molecule has 3 nitrogen and oxygen atoms in total. The first-order valence-electron chi connectivity index (χ1n) is 5.17. The predicted octanol–water partition coefficient (Wildman–Crippen LogP) is 2.53. The van der Waals surface area contributed by atoms with E-state index < -0.39 is 0 Å². The number of hydrogen-bond donors (Lipinski definition) is 1. The monoisotopic (exact) mass is 221 g/mol. The van der Waals surface area contributed by atoms with Crippen LogP contribution in [-0.4, -0.2) is 16.0 Å². The molecular weight excluding hydrogens is 206 g/mol. The first kappa shape index (κ1) is 10.5. The molecule has 2 N–H and O–H groups in total. The lowest BCUT2D eigenvalue weighted by atomic mass is 9.96. The molecule has 0 bridgehead atoms. The van der Waals surface area contributed by atoms with E-state index in [0.29, 0.717) is 5.92 Å². The van der Waals surface area contributed by atoms with Gasteiger partial charge in [0.05, 0.1) is 15.9 Å². The average molecular weight is 221 g/mol. The molecule has 0 aliphatic carbocycles. The normalized spacial score (nSPS) is 15.4. The maximum absolute atomic E-state index is 6.05. The fourth-order valence-corrected chi connectivity index (χ4v) is 2.62. The zero-order valence-corrected chi connectivity index (χ0v) is 9.79. The van der Waals surface area contributed by atoms with Gasteiger partial charge in [-0.05, 0) is 17.9 Å². The van der Waals surface area contributed by atoms with Crippen LogP contribution in [0, 0.1) is 0 Å². The summed E-state index contributed by atoms with van der Waals surface area (Å²) in [6.07, 6.45) is 2.60. The first-order valence-corrected chi connectivity index (χ1v) is 6.05. The van der Waals surface area contributed by atoms with Gasteiger partial charge >= 0.3 is 0 Å². The van der Waals surface area contributed by atoms with Crippen molar-refractivity contribution in [2.75, 3.05) is 0 Å². The summed E-state index contributed by atoms with van der Waals surface area (Å²) in [4.78, 5) is 8.60. The molecule has 15 heavy (non-hydrogen) atoms. The topological polar surface area (TPSA) is 51.8 Å². The Hall–Kier alpha value is -1.000. The van der Waals surface area contributed by atoms with Crippen LogP contribution in [0.4, 0.5) is 0 Å². The molecule has 0 aromatic carbocycles. The Morgan fingerprint density at radius 1 is 1.47 bits per heavy atom. The molecule has 80 valence electrons. The van der Waals surface area contributed by atoms with Gasteiger partial charge in [0.2, 0.25) is 0 Å². The summed E-state index contributed by atoms with van der Waals surface area (Å²) in [6, 6.07) is 2.19. The summed E-state index contributed by atoms with van der Waals surface area (Å²) in [5.41, 5.74) is 8.17. The average Bonchev–Trinajstić information content (AvgIpc) is 2.74. The van der Waals surface area contributed by atoms with Crippen LogP contribution in [0.15, 0.2) is 17.8 Å². The van der Waals surface area contributed by atoms with Crippen LogP contribution in [-0.2, 0) is 0 Å². The third-order valence-electron chi connectivity index (χ3n) is 2.82. The molecule has 0 radical (unpaired) electrons. The molecule has 2 aromatic heterocycles. The van der Waals surface area contributed by atoms with Gasteiger partial charge in [-0.1, -0.05) is 13.8 Å². The summed E-state index contributed by atoms with van der Waals surface area (Å²) in [5, 5.41) is 2.05. The lowest BCUT2D eigenvalue weighted by Crippen LogP contribution is -2.26. The zero-order chi connectivity index (χ0) is 10.8. The van der Waals surface area contributed by atoms with Crippen molar-refractivity contribution < 1.29 is 0 Å². The van der Waals surface area contributed by atoms with E-state index in [9.17, 15) is 0 Å². The molecule has 0 spiro atoms. The molecule has 0 amide bonds. The van der Waals surface area contributed by atoms with E-state index in [4.69, 9.17) is 5.73 Å². The highest BCUT2D eigenvalue weighted by Gasteiger charge is 2.17. The van der Waals surface area contributed by atoms with Crippen molar-refractivity contribution in [3.63, 3.8) is 0 Å². The minimum Gasteiger partial charge on any atom is -0.327 e. The SMILES string of the molecule is CCC(N)C(C)c1ncnc2ccsc12. The van der Waals surface area contributed by atoms with Crippen LogP contribution in [0.25, 0.3) is 10.2 Å². The molecule has 2 rings (SSSR count). The standard InChI is InChI=1S/C11H15N3S/c1-3-8(12)7(2)10-11-9(4-5-15-11)13-6-14-10/h4-8H,3,12H2,1-2H3. The molecule has 2 unspecified atom stereocenters. The van der Waals surface area contributed by atoms with Gasteiger partial charge in [-0.25, -0.2) is 9.97 Å². The van der Waals surface area contributed by atoms with Gasteiger partial charge in [0, 0.05) is 12.0 Å². The van der Waals surface area contributed by atoms with Gasteiger partial charge in [0.15, 0.2) is 0 Å². The third kappa shape index (κ3) is 1.87. The summed E-state index contributed by atoms with van der Waals surface area (Å²) >= 11 is 1.69. The maximum atomic E-state index is 6.05. The molecule has 2 aromatic rings. The number of aromatic nitrogens is 2. The summed E-state index contributed by atoms with van der Waals surface area (Å²) in [6.45, 7) is 4.24. The highest BCUT2D eigenvalue weighted by atomic mass is 32.1.